The van der Waals surface area contributed by atoms with Gasteiger partial charge in [-0.05, 0) is 12.8 Å². The Labute approximate surface area is 102 Å². The van der Waals surface area contributed by atoms with Crippen LogP contribution in [-0.2, 0) is 9.53 Å². The van der Waals surface area contributed by atoms with Crippen molar-refractivity contribution in [1.82, 2.24) is 4.90 Å². The number of rotatable bonds is 3. The quantitative estimate of drug-likeness (QED) is 0.714. The van der Waals surface area contributed by atoms with Crippen LogP contribution in [0, 0.1) is 5.92 Å². The van der Waals surface area contributed by atoms with E-state index in [0.29, 0.717) is 19.8 Å². The molecule has 5 heteroatoms. The largest absolute Gasteiger partial charge is 0.388 e. The number of ether oxygens (including phenoxy) is 1. The van der Waals surface area contributed by atoms with Crippen LogP contribution in [0.25, 0.3) is 0 Å². The third-order valence-electron chi connectivity index (χ3n) is 3.88. The van der Waals surface area contributed by atoms with Crippen LogP contribution in [0.4, 0.5) is 0 Å². The van der Waals surface area contributed by atoms with Gasteiger partial charge < -0.3 is 20.5 Å². The van der Waals surface area contributed by atoms with Gasteiger partial charge in [-0.15, -0.1) is 0 Å². The summed E-state index contributed by atoms with van der Waals surface area (Å²) < 4.78 is 5.20. The summed E-state index contributed by atoms with van der Waals surface area (Å²) in [6.45, 7) is 1.27. The summed E-state index contributed by atoms with van der Waals surface area (Å²) in [4.78, 5) is 13.8. The third kappa shape index (κ3) is 2.78. The highest BCUT2D eigenvalue weighted by molar-refractivity contribution is 5.79. The number of amides is 1. The van der Waals surface area contributed by atoms with Gasteiger partial charge in [0, 0.05) is 19.6 Å². The molecular formula is C12H22N2O3. The number of hydrogen-bond donors (Lipinski definition) is 2. The first-order valence-corrected chi connectivity index (χ1v) is 6.32. The first-order valence-electron chi connectivity index (χ1n) is 6.32. The lowest BCUT2D eigenvalue weighted by Gasteiger charge is -2.30. The number of carbonyl (C=O) groups is 1. The molecule has 1 amide bonds. The summed E-state index contributed by atoms with van der Waals surface area (Å²) >= 11 is 0. The van der Waals surface area contributed by atoms with Crippen LogP contribution in [0.5, 0.6) is 0 Å². The van der Waals surface area contributed by atoms with Crippen molar-refractivity contribution in [3.05, 3.63) is 0 Å². The van der Waals surface area contributed by atoms with E-state index in [9.17, 15) is 9.90 Å². The number of likely N-dealkylation sites (N-methyl/N-ethyl adjacent to an activating group) is 1. The minimum atomic E-state index is -0.687. The van der Waals surface area contributed by atoms with Crippen LogP contribution in [0.15, 0.2) is 0 Å². The molecule has 1 aliphatic carbocycles. The van der Waals surface area contributed by atoms with Gasteiger partial charge in [0.15, 0.2) is 0 Å². The molecule has 1 aliphatic heterocycles. The van der Waals surface area contributed by atoms with E-state index in [-0.39, 0.29) is 17.9 Å². The van der Waals surface area contributed by atoms with Crippen molar-refractivity contribution in [2.75, 3.05) is 26.8 Å². The van der Waals surface area contributed by atoms with Crippen molar-refractivity contribution >= 4 is 5.91 Å². The Kier molecular flexibility index (Phi) is 3.70. The Balaban J connectivity index is 1.90. The van der Waals surface area contributed by atoms with Crippen molar-refractivity contribution in [3.8, 4) is 0 Å². The highest BCUT2D eigenvalue weighted by Gasteiger charge is 2.37. The number of carbonyl (C=O) groups excluding carboxylic acids is 1. The number of hydrogen-bond acceptors (Lipinski definition) is 4. The fourth-order valence-corrected chi connectivity index (χ4v) is 2.82. The number of nitrogens with two attached hydrogens (primary N) is 1. The fourth-order valence-electron chi connectivity index (χ4n) is 2.82. The molecule has 2 unspecified atom stereocenters. The lowest BCUT2D eigenvalue weighted by Crippen LogP contribution is -2.47. The molecule has 2 rings (SSSR count). The highest BCUT2D eigenvalue weighted by atomic mass is 16.5. The molecular weight excluding hydrogens is 220 g/mol. The molecule has 0 bridgehead atoms. The molecule has 0 aromatic heterocycles. The van der Waals surface area contributed by atoms with Crippen molar-refractivity contribution in [1.29, 1.82) is 0 Å². The van der Waals surface area contributed by atoms with Crippen LogP contribution in [-0.4, -0.2) is 54.4 Å². The standard InChI is InChI=1S/C12H22N2O3/c1-14(8-12(16)4-2-3-5-12)11(15)9-6-17-7-10(9)13/h9-10,16H,2-8,13H2,1H3. The summed E-state index contributed by atoms with van der Waals surface area (Å²) in [5.74, 6) is -0.250. The molecule has 1 saturated heterocycles. The lowest BCUT2D eigenvalue weighted by atomic mass is 9.99. The van der Waals surface area contributed by atoms with Gasteiger partial charge >= 0.3 is 0 Å². The van der Waals surface area contributed by atoms with Gasteiger partial charge in [0.05, 0.1) is 24.7 Å². The second kappa shape index (κ2) is 4.92. The van der Waals surface area contributed by atoms with Gasteiger partial charge in [-0.2, -0.15) is 0 Å². The van der Waals surface area contributed by atoms with E-state index in [1.807, 2.05) is 0 Å². The van der Waals surface area contributed by atoms with E-state index < -0.39 is 5.60 Å². The maximum absolute atomic E-state index is 12.1. The van der Waals surface area contributed by atoms with E-state index >= 15 is 0 Å². The van der Waals surface area contributed by atoms with Gasteiger partial charge in [0.1, 0.15) is 0 Å². The summed E-state index contributed by atoms with van der Waals surface area (Å²) in [5.41, 5.74) is 5.14. The molecule has 1 saturated carbocycles. The molecule has 3 N–H and O–H groups in total. The van der Waals surface area contributed by atoms with E-state index in [1.165, 1.54) is 0 Å². The molecule has 2 aliphatic rings. The van der Waals surface area contributed by atoms with Crippen molar-refractivity contribution in [3.63, 3.8) is 0 Å². The molecule has 2 atom stereocenters. The zero-order chi connectivity index (χ0) is 12.5. The lowest BCUT2D eigenvalue weighted by molar-refractivity contribution is -0.137. The Hall–Kier alpha value is -0.650. The molecule has 17 heavy (non-hydrogen) atoms. The molecule has 2 fully saturated rings. The van der Waals surface area contributed by atoms with Gasteiger partial charge in [-0.3, -0.25) is 4.79 Å². The summed E-state index contributed by atoms with van der Waals surface area (Å²) in [6.07, 6.45) is 3.67. The Morgan fingerprint density at radius 2 is 2.12 bits per heavy atom. The zero-order valence-electron chi connectivity index (χ0n) is 10.4. The predicted octanol–water partition coefficient (Wildman–Crippen LogP) is -0.276. The van der Waals surface area contributed by atoms with E-state index in [2.05, 4.69) is 0 Å². The van der Waals surface area contributed by atoms with Crippen LogP contribution in [0.2, 0.25) is 0 Å². The molecule has 98 valence electrons. The number of aliphatic hydroxyl groups is 1. The van der Waals surface area contributed by atoms with Gasteiger partial charge in [0.2, 0.25) is 5.91 Å². The van der Waals surface area contributed by atoms with Gasteiger partial charge in [-0.1, -0.05) is 12.8 Å². The van der Waals surface area contributed by atoms with Crippen LogP contribution >= 0.6 is 0 Å². The van der Waals surface area contributed by atoms with Crippen molar-refractivity contribution < 1.29 is 14.6 Å². The van der Waals surface area contributed by atoms with E-state index in [4.69, 9.17) is 10.5 Å². The topological polar surface area (TPSA) is 75.8 Å². The molecule has 5 nitrogen and oxygen atoms in total. The summed E-state index contributed by atoms with van der Waals surface area (Å²) in [5, 5.41) is 10.3. The Bertz CT molecular complexity index is 289. The van der Waals surface area contributed by atoms with Crippen LogP contribution in [0.1, 0.15) is 25.7 Å². The molecule has 0 spiro atoms. The molecule has 0 aromatic rings. The van der Waals surface area contributed by atoms with Gasteiger partial charge in [0.25, 0.3) is 0 Å². The third-order valence-corrected chi connectivity index (χ3v) is 3.88. The highest BCUT2D eigenvalue weighted by Crippen LogP contribution is 2.30. The van der Waals surface area contributed by atoms with Crippen molar-refractivity contribution in [2.24, 2.45) is 11.7 Å². The maximum Gasteiger partial charge on any atom is 0.229 e. The molecule has 1 heterocycles. The van der Waals surface area contributed by atoms with E-state index in [0.717, 1.165) is 25.7 Å². The first kappa shape index (κ1) is 12.8. The minimum Gasteiger partial charge on any atom is -0.388 e. The monoisotopic (exact) mass is 242 g/mol. The van der Waals surface area contributed by atoms with E-state index in [1.54, 1.807) is 11.9 Å². The first-order chi connectivity index (χ1) is 8.02. The fraction of sp³-hybridized carbons (Fsp3) is 0.917. The maximum atomic E-state index is 12.1. The number of nitrogens with zero attached hydrogens (tertiary/aromatic N) is 1. The predicted molar refractivity (Wildman–Crippen MR) is 63.3 cm³/mol. The Morgan fingerprint density at radius 3 is 2.65 bits per heavy atom. The normalized spacial score (nSPS) is 31.7. The van der Waals surface area contributed by atoms with Crippen molar-refractivity contribution in [2.45, 2.75) is 37.3 Å². The summed E-state index contributed by atoms with van der Waals surface area (Å²) in [7, 11) is 1.74. The second-order valence-electron chi connectivity index (χ2n) is 5.43. The average molecular weight is 242 g/mol. The molecule has 0 radical (unpaired) electrons. The summed E-state index contributed by atoms with van der Waals surface area (Å²) in [6, 6.07) is -0.205. The average Bonchev–Trinajstić information content (AvgIpc) is 2.86. The van der Waals surface area contributed by atoms with Gasteiger partial charge in [-0.25, -0.2) is 0 Å². The Morgan fingerprint density at radius 1 is 1.47 bits per heavy atom. The van der Waals surface area contributed by atoms with Crippen LogP contribution < -0.4 is 5.73 Å². The second-order valence-corrected chi connectivity index (χ2v) is 5.43. The molecule has 0 aromatic carbocycles. The SMILES string of the molecule is CN(CC1(O)CCCC1)C(=O)C1COCC1N. The van der Waals surface area contributed by atoms with Crippen LogP contribution in [0.3, 0.4) is 0 Å². The smallest absolute Gasteiger partial charge is 0.229 e. The minimum absolute atomic E-state index is 0.00433. The zero-order valence-corrected chi connectivity index (χ0v) is 10.4.